The van der Waals surface area contributed by atoms with Crippen molar-refractivity contribution in [3.05, 3.63) is 0 Å². The topological polar surface area (TPSA) is 93.1 Å². The van der Waals surface area contributed by atoms with Crippen molar-refractivity contribution in [2.45, 2.75) is 12.2 Å². The van der Waals surface area contributed by atoms with Gasteiger partial charge in [0, 0.05) is 0 Å². The van der Waals surface area contributed by atoms with E-state index in [1.165, 1.54) is 0 Å². The van der Waals surface area contributed by atoms with Crippen LogP contribution in [0.5, 0.6) is 0 Å². The summed E-state index contributed by atoms with van der Waals surface area (Å²) in [5.74, 6) is -2.65. The van der Waals surface area contributed by atoms with Gasteiger partial charge in [0.1, 0.15) is 6.79 Å². The van der Waals surface area contributed by atoms with E-state index < -0.39 is 24.1 Å². The van der Waals surface area contributed by atoms with Crippen LogP contribution in [0.25, 0.3) is 0 Å². The van der Waals surface area contributed by atoms with Crippen LogP contribution in [-0.2, 0) is 19.1 Å². The fourth-order valence-corrected chi connectivity index (χ4v) is 0.762. The zero-order valence-electron chi connectivity index (χ0n) is 5.39. The first-order valence-electron chi connectivity index (χ1n) is 2.81. The maximum atomic E-state index is 10.2. The molecule has 1 saturated heterocycles. The SMILES string of the molecule is O=C(O)[C@H]1OCO[C@@H]1C(=O)O. The van der Waals surface area contributed by atoms with Crippen LogP contribution >= 0.6 is 0 Å². The molecule has 0 aromatic rings. The molecule has 1 fully saturated rings. The van der Waals surface area contributed by atoms with Crippen molar-refractivity contribution in [3.8, 4) is 0 Å². The minimum absolute atomic E-state index is 0.284. The van der Waals surface area contributed by atoms with Gasteiger partial charge < -0.3 is 19.7 Å². The molecule has 0 bridgehead atoms. The lowest BCUT2D eigenvalue weighted by Crippen LogP contribution is -2.36. The van der Waals surface area contributed by atoms with Gasteiger partial charge >= 0.3 is 11.9 Å². The molecular weight excluding hydrogens is 156 g/mol. The lowest BCUT2D eigenvalue weighted by molar-refractivity contribution is -0.156. The molecule has 1 aliphatic rings. The van der Waals surface area contributed by atoms with Gasteiger partial charge in [-0.25, -0.2) is 9.59 Å². The summed E-state index contributed by atoms with van der Waals surface area (Å²) < 4.78 is 8.97. The Kier molecular flexibility index (Phi) is 2.06. The molecule has 0 radical (unpaired) electrons. The van der Waals surface area contributed by atoms with Crippen LogP contribution in [0.2, 0.25) is 0 Å². The highest BCUT2D eigenvalue weighted by Gasteiger charge is 2.40. The third kappa shape index (κ3) is 1.47. The van der Waals surface area contributed by atoms with Gasteiger partial charge in [-0.05, 0) is 0 Å². The molecule has 1 rings (SSSR count). The Morgan fingerprint density at radius 3 is 1.73 bits per heavy atom. The number of aliphatic carboxylic acids is 2. The summed E-state index contributed by atoms with van der Waals surface area (Å²) in [5, 5.41) is 16.7. The third-order valence-electron chi connectivity index (χ3n) is 1.26. The first-order valence-corrected chi connectivity index (χ1v) is 2.81. The molecule has 0 unspecified atom stereocenters. The van der Waals surface area contributed by atoms with Crippen LogP contribution in [0.1, 0.15) is 0 Å². The van der Waals surface area contributed by atoms with Crippen molar-refractivity contribution in [3.63, 3.8) is 0 Å². The Bertz CT molecular complexity index is 167. The van der Waals surface area contributed by atoms with E-state index in [0.717, 1.165) is 0 Å². The number of ether oxygens (including phenoxy) is 2. The Labute approximate surface area is 61.3 Å². The average Bonchev–Trinajstić information content (AvgIpc) is 2.32. The minimum atomic E-state index is -1.38. The van der Waals surface area contributed by atoms with Gasteiger partial charge in [0.15, 0.2) is 12.2 Å². The lowest BCUT2D eigenvalue weighted by Gasteiger charge is -2.06. The van der Waals surface area contributed by atoms with Crippen LogP contribution in [-0.4, -0.2) is 41.2 Å². The normalized spacial score (nSPS) is 30.2. The van der Waals surface area contributed by atoms with Gasteiger partial charge in [-0.2, -0.15) is 0 Å². The number of hydrogen-bond donors (Lipinski definition) is 2. The molecule has 6 heteroatoms. The molecule has 1 aliphatic heterocycles. The molecule has 0 saturated carbocycles. The quantitative estimate of drug-likeness (QED) is 0.535. The summed E-state index contributed by atoms with van der Waals surface area (Å²) in [4.78, 5) is 20.5. The summed E-state index contributed by atoms with van der Waals surface area (Å²) in [6, 6.07) is 0. The summed E-state index contributed by atoms with van der Waals surface area (Å²) in [6.45, 7) is -0.284. The van der Waals surface area contributed by atoms with Crippen LogP contribution in [0.15, 0.2) is 0 Å². The summed E-state index contributed by atoms with van der Waals surface area (Å²) >= 11 is 0. The first-order chi connectivity index (χ1) is 5.13. The molecule has 0 amide bonds. The molecule has 6 nitrogen and oxygen atoms in total. The van der Waals surface area contributed by atoms with Crippen LogP contribution in [0.3, 0.4) is 0 Å². The summed E-state index contributed by atoms with van der Waals surface area (Å²) in [5.41, 5.74) is 0. The van der Waals surface area contributed by atoms with Crippen molar-refractivity contribution in [2.24, 2.45) is 0 Å². The Morgan fingerprint density at radius 2 is 1.45 bits per heavy atom. The minimum Gasteiger partial charge on any atom is -0.479 e. The van der Waals surface area contributed by atoms with Gasteiger partial charge in [0.05, 0.1) is 0 Å². The second-order valence-electron chi connectivity index (χ2n) is 1.97. The molecule has 1 heterocycles. The molecule has 2 atom stereocenters. The van der Waals surface area contributed by atoms with Gasteiger partial charge in [-0.3, -0.25) is 0 Å². The molecule has 62 valence electrons. The molecule has 2 N–H and O–H groups in total. The second kappa shape index (κ2) is 2.85. The smallest absolute Gasteiger partial charge is 0.336 e. The van der Waals surface area contributed by atoms with Crippen LogP contribution in [0, 0.1) is 0 Å². The average molecular weight is 162 g/mol. The van der Waals surface area contributed by atoms with E-state index in [0.29, 0.717) is 0 Å². The number of carbonyl (C=O) groups is 2. The van der Waals surface area contributed by atoms with E-state index in [9.17, 15) is 9.59 Å². The van der Waals surface area contributed by atoms with E-state index in [-0.39, 0.29) is 6.79 Å². The van der Waals surface area contributed by atoms with Gasteiger partial charge in [-0.15, -0.1) is 0 Å². The Balaban J connectivity index is 2.65. The number of carboxylic acid groups (broad SMARTS) is 2. The highest BCUT2D eigenvalue weighted by atomic mass is 16.7. The number of rotatable bonds is 2. The largest absolute Gasteiger partial charge is 0.479 e. The highest BCUT2D eigenvalue weighted by Crippen LogP contribution is 2.12. The summed E-state index contributed by atoms with van der Waals surface area (Å²) in [7, 11) is 0. The maximum Gasteiger partial charge on any atom is 0.336 e. The second-order valence-corrected chi connectivity index (χ2v) is 1.97. The number of hydrogen-bond acceptors (Lipinski definition) is 4. The lowest BCUT2D eigenvalue weighted by atomic mass is 10.2. The predicted octanol–water partition coefficient (Wildman–Crippen LogP) is -1.10. The fraction of sp³-hybridized carbons (Fsp3) is 0.600. The van der Waals surface area contributed by atoms with Gasteiger partial charge in [0.25, 0.3) is 0 Å². The Hall–Kier alpha value is -1.14. The van der Waals surface area contributed by atoms with Crippen molar-refractivity contribution in [2.75, 3.05) is 6.79 Å². The van der Waals surface area contributed by atoms with E-state index in [2.05, 4.69) is 9.47 Å². The third-order valence-corrected chi connectivity index (χ3v) is 1.26. The van der Waals surface area contributed by atoms with Crippen molar-refractivity contribution >= 4 is 11.9 Å². The monoisotopic (exact) mass is 162 g/mol. The van der Waals surface area contributed by atoms with Crippen molar-refractivity contribution in [1.82, 2.24) is 0 Å². The van der Waals surface area contributed by atoms with Crippen LogP contribution < -0.4 is 0 Å². The predicted molar refractivity (Wildman–Crippen MR) is 29.9 cm³/mol. The summed E-state index contributed by atoms with van der Waals surface area (Å²) in [6.07, 6.45) is -2.76. The van der Waals surface area contributed by atoms with E-state index in [1.807, 2.05) is 0 Å². The highest BCUT2D eigenvalue weighted by molar-refractivity contribution is 5.83. The first kappa shape index (κ1) is 7.96. The van der Waals surface area contributed by atoms with Crippen molar-refractivity contribution in [1.29, 1.82) is 0 Å². The standard InChI is InChI=1S/C5H6O6/c6-4(7)2-3(5(8)9)11-1-10-2/h2-3H,1H2,(H,6,7)(H,8,9)/t2-,3-/m0/s1. The van der Waals surface area contributed by atoms with E-state index in [1.54, 1.807) is 0 Å². The molecule has 0 aromatic heterocycles. The maximum absolute atomic E-state index is 10.2. The number of carboxylic acids is 2. The molecule has 11 heavy (non-hydrogen) atoms. The zero-order chi connectivity index (χ0) is 8.43. The molecular formula is C5H6O6. The van der Waals surface area contributed by atoms with E-state index in [4.69, 9.17) is 10.2 Å². The van der Waals surface area contributed by atoms with E-state index >= 15 is 0 Å². The molecule has 0 aromatic carbocycles. The molecule has 0 aliphatic carbocycles. The fourth-order valence-electron chi connectivity index (χ4n) is 0.762. The van der Waals surface area contributed by atoms with Gasteiger partial charge in [-0.1, -0.05) is 0 Å². The van der Waals surface area contributed by atoms with Gasteiger partial charge in [0.2, 0.25) is 0 Å². The molecule has 0 spiro atoms. The van der Waals surface area contributed by atoms with Crippen molar-refractivity contribution < 1.29 is 29.3 Å². The zero-order valence-corrected chi connectivity index (χ0v) is 5.39. The Morgan fingerprint density at radius 1 is 1.09 bits per heavy atom. The van der Waals surface area contributed by atoms with Crippen LogP contribution in [0.4, 0.5) is 0 Å².